The molecule has 1 aromatic carbocycles. The summed E-state index contributed by atoms with van der Waals surface area (Å²) in [6, 6.07) is 5.77. The molecule has 4 heteroatoms. The van der Waals surface area contributed by atoms with Crippen LogP contribution in [0.3, 0.4) is 0 Å². The lowest BCUT2D eigenvalue weighted by Gasteiger charge is -2.23. The van der Waals surface area contributed by atoms with Crippen LogP contribution in [0, 0.1) is 13.8 Å². The molecule has 0 spiro atoms. The van der Waals surface area contributed by atoms with E-state index in [1.165, 1.54) is 11.1 Å². The van der Waals surface area contributed by atoms with E-state index in [0.717, 1.165) is 5.75 Å². The van der Waals surface area contributed by atoms with Crippen LogP contribution in [0.1, 0.15) is 17.5 Å². The molecule has 0 aromatic heterocycles. The Morgan fingerprint density at radius 1 is 1.33 bits per heavy atom. The van der Waals surface area contributed by atoms with Gasteiger partial charge >= 0.3 is 5.97 Å². The highest BCUT2D eigenvalue weighted by Crippen LogP contribution is 2.17. The third-order valence-electron chi connectivity index (χ3n) is 3.06. The molecule has 0 bridgehead atoms. The first kappa shape index (κ1) is 14.5. The fourth-order valence-corrected chi connectivity index (χ4v) is 1.59. The van der Waals surface area contributed by atoms with Gasteiger partial charge in [0.2, 0.25) is 0 Å². The van der Waals surface area contributed by atoms with Gasteiger partial charge in [0.1, 0.15) is 12.4 Å². The number of hydrogen-bond donors (Lipinski definition) is 1. The number of aliphatic carboxylic acids is 1. The lowest BCUT2D eigenvalue weighted by atomic mass is 10.1. The number of carboxylic acid groups (broad SMARTS) is 1. The van der Waals surface area contributed by atoms with Gasteiger partial charge in [-0.05, 0) is 51.2 Å². The minimum absolute atomic E-state index is 0.0812. The molecular weight excluding hydrogens is 230 g/mol. The molecule has 1 rings (SSSR count). The van der Waals surface area contributed by atoms with Crippen LogP contribution < -0.4 is 4.74 Å². The molecule has 18 heavy (non-hydrogen) atoms. The van der Waals surface area contributed by atoms with Gasteiger partial charge in [0.25, 0.3) is 0 Å². The molecule has 0 aliphatic carbocycles. The molecule has 0 amide bonds. The summed E-state index contributed by atoms with van der Waals surface area (Å²) in [5.74, 6) is -0.0206. The Bertz CT molecular complexity index is 416. The number of hydrogen-bond acceptors (Lipinski definition) is 3. The van der Waals surface area contributed by atoms with E-state index in [-0.39, 0.29) is 12.5 Å². The van der Waals surface area contributed by atoms with Crippen molar-refractivity contribution in [3.05, 3.63) is 29.3 Å². The summed E-state index contributed by atoms with van der Waals surface area (Å²) in [5, 5.41) is 8.83. The minimum atomic E-state index is -0.808. The third kappa shape index (κ3) is 4.37. The SMILES string of the molecule is Cc1ccc(OCC(CC(=O)O)N(C)C)cc1C. The molecule has 0 heterocycles. The molecule has 100 valence electrons. The zero-order chi connectivity index (χ0) is 13.7. The lowest BCUT2D eigenvalue weighted by molar-refractivity contribution is -0.138. The van der Waals surface area contributed by atoms with Gasteiger partial charge < -0.3 is 14.7 Å². The standard InChI is InChI=1S/C14H21NO3/c1-10-5-6-13(7-11(10)2)18-9-12(15(3)4)8-14(16)17/h5-7,12H,8-9H2,1-4H3,(H,16,17). The van der Waals surface area contributed by atoms with Crippen molar-refractivity contribution in [2.75, 3.05) is 20.7 Å². The minimum Gasteiger partial charge on any atom is -0.492 e. The summed E-state index contributed by atoms with van der Waals surface area (Å²) in [4.78, 5) is 12.6. The van der Waals surface area contributed by atoms with Crippen molar-refractivity contribution in [2.24, 2.45) is 0 Å². The van der Waals surface area contributed by atoms with Crippen molar-refractivity contribution in [1.82, 2.24) is 4.90 Å². The van der Waals surface area contributed by atoms with Gasteiger partial charge in [-0.1, -0.05) is 6.07 Å². The number of benzene rings is 1. The van der Waals surface area contributed by atoms with Crippen LogP contribution in [0.4, 0.5) is 0 Å². The average Bonchev–Trinajstić information content (AvgIpc) is 2.28. The number of likely N-dealkylation sites (N-methyl/N-ethyl adjacent to an activating group) is 1. The van der Waals surface area contributed by atoms with Gasteiger partial charge in [0.15, 0.2) is 0 Å². The van der Waals surface area contributed by atoms with E-state index in [0.29, 0.717) is 6.61 Å². The van der Waals surface area contributed by atoms with Crippen molar-refractivity contribution in [1.29, 1.82) is 0 Å². The van der Waals surface area contributed by atoms with Gasteiger partial charge in [0.05, 0.1) is 12.5 Å². The van der Waals surface area contributed by atoms with E-state index >= 15 is 0 Å². The zero-order valence-corrected chi connectivity index (χ0v) is 11.4. The molecule has 0 saturated heterocycles. The van der Waals surface area contributed by atoms with Gasteiger partial charge in [-0.25, -0.2) is 0 Å². The predicted octanol–water partition coefficient (Wildman–Crippen LogP) is 2.09. The van der Waals surface area contributed by atoms with Gasteiger partial charge in [-0.3, -0.25) is 4.79 Å². The highest BCUT2D eigenvalue weighted by Gasteiger charge is 2.16. The maximum Gasteiger partial charge on any atom is 0.305 e. The number of nitrogens with zero attached hydrogens (tertiary/aromatic N) is 1. The largest absolute Gasteiger partial charge is 0.492 e. The Hall–Kier alpha value is -1.55. The van der Waals surface area contributed by atoms with Gasteiger partial charge in [0, 0.05) is 0 Å². The first-order valence-corrected chi connectivity index (χ1v) is 5.98. The van der Waals surface area contributed by atoms with E-state index in [1.807, 2.05) is 51.0 Å². The maximum atomic E-state index is 10.7. The second kappa shape index (κ2) is 6.40. The summed E-state index contributed by atoms with van der Waals surface area (Å²) < 4.78 is 5.66. The molecule has 1 aromatic rings. The van der Waals surface area contributed by atoms with E-state index in [9.17, 15) is 4.79 Å². The van der Waals surface area contributed by atoms with Crippen molar-refractivity contribution in [3.63, 3.8) is 0 Å². The number of carbonyl (C=O) groups is 1. The van der Waals surface area contributed by atoms with Crippen molar-refractivity contribution >= 4 is 5.97 Å². The van der Waals surface area contributed by atoms with Crippen LogP contribution in [0.2, 0.25) is 0 Å². The molecule has 1 unspecified atom stereocenters. The van der Waals surface area contributed by atoms with Crippen LogP contribution in [0.15, 0.2) is 18.2 Å². The van der Waals surface area contributed by atoms with Crippen LogP contribution >= 0.6 is 0 Å². The fourth-order valence-electron chi connectivity index (χ4n) is 1.59. The Balaban J connectivity index is 2.61. The normalized spacial score (nSPS) is 12.5. The van der Waals surface area contributed by atoms with Gasteiger partial charge in [-0.2, -0.15) is 0 Å². The summed E-state index contributed by atoms with van der Waals surface area (Å²) in [6.45, 7) is 4.46. The quantitative estimate of drug-likeness (QED) is 0.841. The maximum absolute atomic E-state index is 10.7. The zero-order valence-electron chi connectivity index (χ0n) is 11.4. The molecule has 1 atom stereocenters. The van der Waals surface area contributed by atoms with E-state index in [4.69, 9.17) is 9.84 Å². The molecule has 4 nitrogen and oxygen atoms in total. The number of carboxylic acids is 1. The van der Waals surface area contributed by atoms with Crippen LogP contribution in [-0.2, 0) is 4.79 Å². The smallest absolute Gasteiger partial charge is 0.305 e. The monoisotopic (exact) mass is 251 g/mol. The Kier molecular flexibility index (Phi) is 5.16. The van der Waals surface area contributed by atoms with Crippen LogP contribution in [0.5, 0.6) is 5.75 Å². The summed E-state index contributed by atoms with van der Waals surface area (Å²) >= 11 is 0. The predicted molar refractivity (Wildman–Crippen MR) is 71.1 cm³/mol. The molecule has 0 aliphatic rings. The van der Waals surface area contributed by atoms with E-state index in [1.54, 1.807) is 0 Å². The highest BCUT2D eigenvalue weighted by atomic mass is 16.5. The summed E-state index contributed by atoms with van der Waals surface area (Å²) in [5.41, 5.74) is 2.39. The second-order valence-electron chi connectivity index (χ2n) is 4.77. The fraction of sp³-hybridized carbons (Fsp3) is 0.500. The number of aryl methyl sites for hydroxylation is 2. The Morgan fingerprint density at radius 3 is 2.50 bits per heavy atom. The van der Waals surface area contributed by atoms with E-state index in [2.05, 4.69) is 0 Å². The van der Waals surface area contributed by atoms with Gasteiger partial charge in [-0.15, -0.1) is 0 Å². The summed E-state index contributed by atoms with van der Waals surface area (Å²) in [6.07, 6.45) is 0.0812. The molecule has 0 fully saturated rings. The lowest BCUT2D eigenvalue weighted by Crippen LogP contribution is -2.35. The number of rotatable bonds is 6. The Morgan fingerprint density at radius 2 is 2.00 bits per heavy atom. The van der Waals surface area contributed by atoms with Crippen molar-refractivity contribution in [3.8, 4) is 5.75 Å². The number of ether oxygens (including phenoxy) is 1. The molecular formula is C14H21NO3. The molecule has 1 N–H and O–H groups in total. The first-order valence-electron chi connectivity index (χ1n) is 5.98. The first-order chi connectivity index (χ1) is 8.40. The molecule has 0 saturated carbocycles. The Labute approximate surface area is 108 Å². The van der Waals surface area contributed by atoms with Crippen molar-refractivity contribution in [2.45, 2.75) is 26.3 Å². The van der Waals surface area contributed by atoms with E-state index < -0.39 is 5.97 Å². The topological polar surface area (TPSA) is 49.8 Å². The highest BCUT2D eigenvalue weighted by molar-refractivity contribution is 5.67. The summed E-state index contributed by atoms with van der Waals surface area (Å²) in [7, 11) is 3.72. The molecule has 0 radical (unpaired) electrons. The average molecular weight is 251 g/mol. The third-order valence-corrected chi connectivity index (χ3v) is 3.06. The second-order valence-corrected chi connectivity index (χ2v) is 4.77. The molecule has 0 aliphatic heterocycles. The van der Waals surface area contributed by atoms with Crippen molar-refractivity contribution < 1.29 is 14.6 Å². The van der Waals surface area contributed by atoms with Crippen LogP contribution in [-0.4, -0.2) is 42.7 Å². The van der Waals surface area contributed by atoms with Crippen LogP contribution in [0.25, 0.3) is 0 Å².